The molecule has 24 heavy (non-hydrogen) atoms. The first-order valence-corrected chi connectivity index (χ1v) is 7.95. The molecule has 2 aromatic rings. The monoisotopic (exact) mass is 349 g/mol. The van der Waals surface area contributed by atoms with Crippen molar-refractivity contribution in [1.29, 1.82) is 0 Å². The lowest BCUT2D eigenvalue weighted by Gasteiger charge is -2.13. The summed E-state index contributed by atoms with van der Waals surface area (Å²) >= 11 is 1.23. The lowest BCUT2D eigenvalue weighted by atomic mass is 10.1. The van der Waals surface area contributed by atoms with E-state index in [4.69, 9.17) is 9.47 Å². The first kappa shape index (κ1) is 16.3. The number of rotatable bonds is 5. The van der Waals surface area contributed by atoms with Crippen molar-refractivity contribution >= 4 is 39.2 Å². The summed E-state index contributed by atoms with van der Waals surface area (Å²) in [6, 6.07) is 3.44. The van der Waals surface area contributed by atoms with Crippen molar-refractivity contribution in [3.8, 4) is 11.5 Å². The van der Waals surface area contributed by atoms with Gasteiger partial charge >= 0.3 is 5.97 Å². The highest BCUT2D eigenvalue weighted by Gasteiger charge is 2.39. The minimum Gasteiger partial charge on any atom is -0.493 e. The zero-order valence-electron chi connectivity index (χ0n) is 13.4. The molecule has 0 radical (unpaired) electrons. The van der Waals surface area contributed by atoms with Crippen LogP contribution < -0.4 is 9.47 Å². The summed E-state index contributed by atoms with van der Waals surface area (Å²) in [5.41, 5.74) is 0.353. The Morgan fingerprint density at radius 2 is 1.75 bits per heavy atom. The fourth-order valence-corrected chi connectivity index (χ4v) is 3.80. The number of ether oxygens (including phenoxy) is 3. The van der Waals surface area contributed by atoms with Gasteiger partial charge in [0.2, 0.25) is 0 Å². The predicted octanol–water partition coefficient (Wildman–Crippen LogP) is 2.08. The van der Waals surface area contributed by atoms with Gasteiger partial charge in [0.15, 0.2) is 11.5 Å². The van der Waals surface area contributed by atoms with E-state index in [9.17, 15) is 14.4 Å². The standard InChI is InChI=1S/C16H15NO6S/c1-21-9-6-8-11(7-10(9)22-2)24-14-13(8)15(19)17(16(14)20)5-4-12(18)23-3/h6-7H,4-5H2,1-3H3. The zero-order valence-corrected chi connectivity index (χ0v) is 14.2. The molecule has 0 N–H and O–H groups in total. The molecule has 2 heterocycles. The number of nitrogens with zero attached hydrogens (tertiary/aromatic N) is 1. The molecular weight excluding hydrogens is 334 g/mol. The Balaban J connectivity index is 2.01. The number of amides is 2. The van der Waals surface area contributed by atoms with Gasteiger partial charge in [-0.3, -0.25) is 19.3 Å². The summed E-state index contributed by atoms with van der Waals surface area (Å²) in [7, 11) is 4.29. The van der Waals surface area contributed by atoms with E-state index in [1.807, 2.05) is 0 Å². The second kappa shape index (κ2) is 6.12. The Labute approximate surface area is 141 Å². The molecule has 0 unspecified atom stereocenters. The lowest BCUT2D eigenvalue weighted by Crippen LogP contribution is -2.32. The van der Waals surface area contributed by atoms with E-state index in [1.165, 1.54) is 32.7 Å². The molecular formula is C16H15NO6S. The molecule has 0 saturated heterocycles. The molecule has 1 aliphatic rings. The highest BCUT2D eigenvalue weighted by atomic mass is 32.1. The predicted molar refractivity (Wildman–Crippen MR) is 86.9 cm³/mol. The number of carbonyl (C=O) groups excluding carboxylic acids is 3. The van der Waals surface area contributed by atoms with Crippen LogP contribution >= 0.6 is 11.3 Å². The number of hydrogen-bond donors (Lipinski definition) is 0. The minimum absolute atomic E-state index is 0.000519. The van der Waals surface area contributed by atoms with Crippen molar-refractivity contribution in [2.45, 2.75) is 6.42 Å². The summed E-state index contributed by atoms with van der Waals surface area (Å²) in [5, 5.41) is 0.645. The molecule has 8 heteroatoms. The van der Waals surface area contributed by atoms with E-state index in [1.54, 1.807) is 12.1 Å². The second-order valence-electron chi connectivity index (χ2n) is 5.10. The van der Waals surface area contributed by atoms with Gasteiger partial charge in [0.1, 0.15) is 4.88 Å². The molecule has 0 saturated carbocycles. The van der Waals surface area contributed by atoms with Crippen LogP contribution in [0.1, 0.15) is 26.5 Å². The van der Waals surface area contributed by atoms with Gasteiger partial charge in [-0.25, -0.2) is 0 Å². The van der Waals surface area contributed by atoms with Crippen LogP contribution in [-0.2, 0) is 9.53 Å². The summed E-state index contributed by atoms with van der Waals surface area (Å²) < 4.78 is 15.8. The van der Waals surface area contributed by atoms with Crippen LogP contribution in [0.25, 0.3) is 10.1 Å². The number of hydrogen-bond acceptors (Lipinski definition) is 7. The fourth-order valence-electron chi connectivity index (χ4n) is 2.64. The maximum Gasteiger partial charge on any atom is 0.307 e. The quantitative estimate of drug-likeness (QED) is 0.607. The van der Waals surface area contributed by atoms with E-state index in [0.29, 0.717) is 27.3 Å². The summed E-state index contributed by atoms with van der Waals surface area (Å²) in [4.78, 5) is 37.8. The molecule has 7 nitrogen and oxygen atoms in total. The number of thiophene rings is 1. The van der Waals surface area contributed by atoms with Gasteiger partial charge < -0.3 is 14.2 Å². The van der Waals surface area contributed by atoms with E-state index in [2.05, 4.69) is 4.74 Å². The van der Waals surface area contributed by atoms with Crippen LogP contribution in [0.15, 0.2) is 12.1 Å². The Bertz CT molecular complexity index is 856. The van der Waals surface area contributed by atoms with E-state index in [0.717, 1.165) is 9.60 Å². The van der Waals surface area contributed by atoms with Crippen LogP contribution in [0.5, 0.6) is 11.5 Å². The third kappa shape index (κ3) is 2.39. The summed E-state index contributed by atoms with van der Waals surface area (Å²) in [6.07, 6.45) is -0.0298. The lowest BCUT2D eigenvalue weighted by molar-refractivity contribution is -0.140. The number of imide groups is 1. The molecule has 0 aliphatic carbocycles. The van der Waals surface area contributed by atoms with Crippen molar-refractivity contribution in [2.75, 3.05) is 27.9 Å². The zero-order chi connectivity index (χ0) is 17.4. The van der Waals surface area contributed by atoms with Crippen LogP contribution in [0.4, 0.5) is 0 Å². The van der Waals surface area contributed by atoms with Gasteiger partial charge in [-0.1, -0.05) is 0 Å². The van der Waals surface area contributed by atoms with Crippen LogP contribution in [-0.4, -0.2) is 50.6 Å². The maximum atomic E-state index is 12.6. The molecule has 0 spiro atoms. The van der Waals surface area contributed by atoms with E-state index in [-0.39, 0.29) is 13.0 Å². The van der Waals surface area contributed by atoms with Crippen LogP contribution in [0, 0.1) is 0 Å². The van der Waals surface area contributed by atoms with Crippen molar-refractivity contribution in [1.82, 2.24) is 4.90 Å². The normalized spacial score (nSPS) is 13.4. The van der Waals surface area contributed by atoms with E-state index >= 15 is 0 Å². The average molecular weight is 349 g/mol. The minimum atomic E-state index is -0.470. The van der Waals surface area contributed by atoms with Gasteiger partial charge in [-0.15, -0.1) is 11.3 Å². The Hall–Kier alpha value is -2.61. The highest BCUT2D eigenvalue weighted by Crippen LogP contribution is 2.42. The first-order chi connectivity index (χ1) is 11.5. The summed E-state index contributed by atoms with van der Waals surface area (Å²) in [5.74, 6) is -0.247. The number of fused-ring (bicyclic) bond motifs is 3. The Morgan fingerprint density at radius 3 is 2.38 bits per heavy atom. The number of carbonyl (C=O) groups is 3. The van der Waals surface area contributed by atoms with Crippen molar-refractivity contribution in [3.05, 3.63) is 22.6 Å². The maximum absolute atomic E-state index is 12.6. The van der Waals surface area contributed by atoms with Crippen molar-refractivity contribution in [2.24, 2.45) is 0 Å². The summed E-state index contributed by atoms with van der Waals surface area (Å²) in [6.45, 7) is 0.000519. The molecule has 1 aromatic heterocycles. The first-order valence-electron chi connectivity index (χ1n) is 7.13. The van der Waals surface area contributed by atoms with Crippen molar-refractivity contribution in [3.63, 3.8) is 0 Å². The molecule has 1 aliphatic heterocycles. The van der Waals surface area contributed by atoms with Gasteiger partial charge in [-0.2, -0.15) is 0 Å². The topological polar surface area (TPSA) is 82.1 Å². The molecule has 2 amide bonds. The smallest absolute Gasteiger partial charge is 0.307 e. The Kier molecular flexibility index (Phi) is 4.15. The highest BCUT2D eigenvalue weighted by molar-refractivity contribution is 7.21. The third-order valence-corrected chi connectivity index (χ3v) is 5.00. The van der Waals surface area contributed by atoms with Gasteiger partial charge in [0, 0.05) is 22.7 Å². The van der Waals surface area contributed by atoms with Crippen LogP contribution in [0.2, 0.25) is 0 Å². The third-order valence-electron chi connectivity index (χ3n) is 3.86. The van der Waals surface area contributed by atoms with Gasteiger partial charge in [-0.05, 0) is 6.07 Å². The van der Waals surface area contributed by atoms with E-state index < -0.39 is 17.8 Å². The molecule has 0 fully saturated rings. The number of methoxy groups -OCH3 is 3. The molecule has 3 rings (SSSR count). The molecule has 0 bridgehead atoms. The SMILES string of the molecule is COC(=O)CCN1C(=O)c2sc3cc(OC)c(OC)cc3c2C1=O. The molecule has 126 valence electrons. The Morgan fingerprint density at radius 1 is 1.08 bits per heavy atom. The van der Waals surface area contributed by atoms with Gasteiger partial charge in [0.05, 0.1) is 33.3 Å². The largest absolute Gasteiger partial charge is 0.493 e. The average Bonchev–Trinajstić information content (AvgIpc) is 3.07. The number of benzene rings is 1. The molecule has 1 aromatic carbocycles. The molecule has 0 atom stereocenters. The van der Waals surface area contributed by atoms with Crippen LogP contribution in [0.3, 0.4) is 0 Å². The van der Waals surface area contributed by atoms with Crippen molar-refractivity contribution < 1.29 is 28.6 Å². The second-order valence-corrected chi connectivity index (χ2v) is 6.15. The fraction of sp³-hybridized carbons (Fsp3) is 0.312. The number of esters is 1. The van der Waals surface area contributed by atoms with Gasteiger partial charge in [0.25, 0.3) is 11.8 Å².